The third-order valence-corrected chi connectivity index (χ3v) is 2.03. The molecule has 0 aromatic rings. The largest absolute Gasteiger partial charge is 0.525 e. The Kier molecular flexibility index (Phi) is 4.91. The number of hydrogen-bond donors (Lipinski definition) is 2. The lowest BCUT2D eigenvalue weighted by Gasteiger charge is -2.19. The summed E-state index contributed by atoms with van der Waals surface area (Å²) in [4.78, 5) is 25.0. The Hall–Kier alpha value is -1.61. The second kappa shape index (κ2) is 6.21. The third-order valence-electron chi connectivity index (χ3n) is 2.03. The van der Waals surface area contributed by atoms with Crippen molar-refractivity contribution in [1.29, 1.82) is 0 Å². The Bertz CT molecular complexity index is 263. The van der Waals surface area contributed by atoms with Gasteiger partial charge in [-0.2, -0.15) is 0 Å². The Morgan fingerprint density at radius 3 is 2.59 bits per heavy atom. The number of carboxylic acid groups (broad SMARTS) is 2. The molecule has 0 spiro atoms. The maximum atomic E-state index is 11.9. The number of hydroxylamine groups is 2. The fourth-order valence-corrected chi connectivity index (χ4v) is 1.49. The SMILES string of the molecule is O=C(O)OC1CC(OCCF)CN1OC(=O)O. The van der Waals surface area contributed by atoms with E-state index in [1.54, 1.807) is 0 Å². The lowest BCUT2D eigenvalue weighted by Crippen LogP contribution is -2.35. The summed E-state index contributed by atoms with van der Waals surface area (Å²) in [6.45, 7) is -0.837. The van der Waals surface area contributed by atoms with Gasteiger partial charge in [0, 0.05) is 6.42 Å². The van der Waals surface area contributed by atoms with E-state index in [1.807, 2.05) is 0 Å². The molecule has 8 nitrogen and oxygen atoms in total. The van der Waals surface area contributed by atoms with Crippen molar-refractivity contribution in [2.45, 2.75) is 18.8 Å². The van der Waals surface area contributed by atoms with E-state index < -0.39 is 31.3 Å². The smallest absolute Gasteiger partial charge is 0.450 e. The lowest BCUT2D eigenvalue weighted by molar-refractivity contribution is -0.189. The molecule has 0 saturated carbocycles. The summed E-state index contributed by atoms with van der Waals surface area (Å²) in [5.74, 6) is 0. The molecule has 0 radical (unpaired) electrons. The summed E-state index contributed by atoms with van der Waals surface area (Å²) in [6, 6.07) is 0. The van der Waals surface area contributed by atoms with Crippen LogP contribution in [0.1, 0.15) is 6.42 Å². The van der Waals surface area contributed by atoms with E-state index in [-0.39, 0.29) is 19.6 Å². The van der Waals surface area contributed by atoms with Crippen LogP contribution in [0.3, 0.4) is 0 Å². The lowest BCUT2D eigenvalue weighted by atomic mass is 10.3. The van der Waals surface area contributed by atoms with E-state index in [0.29, 0.717) is 0 Å². The van der Waals surface area contributed by atoms with Gasteiger partial charge in [-0.05, 0) is 0 Å². The standard InChI is InChI=1S/C8H12FNO7/c9-1-2-15-5-3-6(16-7(11)12)10(4-5)17-8(13)14/h5-6H,1-4H2,(H,11,12)(H,13,14). The number of halogens is 1. The first-order chi connectivity index (χ1) is 8.02. The second-order valence-electron chi connectivity index (χ2n) is 3.21. The molecule has 1 heterocycles. The Morgan fingerprint density at radius 1 is 1.35 bits per heavy atom. The molecular weight excluding hydrogens is 241 g/mol. The molecule has 1 saturated heterocycles. The van der Waals surface area contributed by atoms with Crippen LogP contribution in [0.4, 0.5) is 14.0 Å². The van der Waals surface area contributed by atoms with Gasteiger partial charge in [0.1, 0.15) is 6.67 Å². The van der Waals surface area contributed by atoms with Crippen LogP contribution in [-0.4, -0.2) is 59.7 Å². The van der Waals surface area contributed by atoms with Crippen molar-refractivity contribution >= 4 is 12.3 Å². The van der Waals surface area contributed by atoms with Crippen LogP contribution >= 0.6 is 0 Å². The molecule has 98 valence electrons. The van der Waals surface area contributed by atoms with E-state index in [9.17, 15) is 14.0 Å². The number of ether oxygens (including phenoxy) is 2. The number of hydrogen-bond acceptors (Lipinski definition) is 6. The van der Waals surface area contributed by atoms with Gasteiger partial charge in [-0.25, -0.2) is 14.0 Å². The van der Waals surface area contributed by atoms with Gasteiger partial charge in [0.25, 0.3) is 0 Å². The molecule has 1 aliphatic rings. The normalized spacial score (nSPS) is 24.5. The van der Waals surface area contributed by atoms with Crippen LogP contribution in [0.15, 0.2) is 0 Å². The van der Waals surface area contributed by atoms with Crippen molar-refractivity contribution in [3.05, 3.63) is 0 Å². The number of carbonyl (C=O) groups is 2. The molecule has 2 atom stereocenters. The summed E-state index contributed by atoms with van der Waals surface area (Å²) in [5, 5.41) is 17.7. The van der Waals surface area contributed by atoms with Crippen LogP contribution < -0.4 is 0 Å². The van der Waals surface area contributed by atoms with Crippen molar-refractivity contribution in [3.8, 4) is 0 Å². The molecule has 9 heteroatoms. The fourth-order valence-electron chi connectivity index (χ4n) is 1.49. The zero-order valence-electron chi connectivity index (χ0n) is 8.74. The molecule has 17 heavy (non-hydrogen) atoms. The average Bonchev–Trinajstić information content (AvgIpc) is 2.56. The van der Waals surface area contributed by atoms with Gasteiger partial charge in [-0.1, -0.05) is 5.06 Å². The van der Waals surface area contributed by atoms with E-state index in [4.69, 9.17) is 14.9 Å². The van der Waals surface area contributed by atoms with Crippen molar-refractivity contribution in [3.63, 3.8) is 0 Å². The van der Waals surface area contributed by atoms with Crippen LogP contribution in [-0.2, 0) is 14.3 Å². The van der Waals surface area contributed by atoms with Gasteiger partial charge in [0.15, 0.2) is 6.23 Å². The molecule has 1 fully saturated rings. The van der Waals surface area contributed by atoms with Crippen molar-refractivity contribution < 1.29 is 38.5 Å². The van der Waals surface area contributed by atoms with Crippen molar-refractivity contribution in [2.24, 2.45) is 0 Å². The Balaban J connectivity index is 2.52. The predicted octanol–water partition coefficient (Wildman–Crippen LogP) is 0.677. The number of rotatable bonds is 5. The molecule has 0 amide bonds. The highest BCUT2D eigenvalue weighted by atomic mass is 19.1. The number of alkyl halides is 1. The van der Waals surface area contributed by atoms with Gasteiger partial charge in [0.05, 0.1) is 19.3 Å². The van der Waals surface area contributed by atoms with E-state index in [1.165, 1.54) is 0 Å². The number of nitrogens with zero attached hydrogens (tertiary/aromatic N) is 1. The van der Waals surface area contributed by atoms with E-state index in [0.717, 1.165) is 5.06 Å². The zero-order chi connectivity index (χ0) is 12.8. The van der Waals surface area contributed by atoms with E-state index >= 15 is 0 Å². The minimum absolute atomic E-state index is 0.00968. The summed E-state index contributed by atoms with van der Waals surface area (Å²) < 4.78 is 21.3. The molecular formula is C8H12FNO7. The van der Waals surface area contributed by atoms with Crippen molar-refractivity contribution in [2.75, 3.05) is 19.8 Å². The topological polar surface area (TPSA) is 106 Å². The minimum Gasteiger partial charge on any atom is -0.450 e. The van der Waals surface area contributed by atoms with Crippen LogP contribution in [0.5, 0.6) is 0 Å². The quantitative estimate of drug-likeness (QED) is 0.689. The first kappa shape index (κ1) is 13.5. The minimum atomic E-state index is -1.59. The van der Waals surface area contributed by atoms with E-state index in [2.05, 4.69) is 9.57 Å². The highest BCUT2D eigenvalue weighted by Gasteiger charge is 2.38. The predicted molar refractivity (Wildman–Crippen MR) is 49.0 cm³/mol. The first-order valence-corrected chi connectivity index (χ1v) is 4.77. The molecule has 0 bridgehead atoms. The van der Waals surface area contributed by atoms with Gasteiger partial charge in [0.2, 0.25) is 0 Å². The van der Waals surface area contributed by atoms with Crippen LogP contribution in [0.2, 0.25) is 0 Å². The monoisotopic (exact) mass is 253 g/mol. The van der Waals surface area contributed by atoms with Crippen molar-refractivity contribution in [1.82, 2.24) is 5.06 Å². The van der Waals surface area contributed by atoms with Gasteiger partial charge < -0.3 is 24.5 Å². The summed E-state index contributed by atoms with van der Waals surface area (Å²) >= 11 is 0. The van der Waals surface area contributed by atoms with Gasteiger partial charge >= 0.3 is 12.3 Å². The molecule has 0 aliphatic carbocycles. The Morgan fingerprint density at radius 2 is 2.06 bits per heavy atom. The summed E-state index contributed by atoms with van der Waals surface area (Å²) in [7, 11) is 0. The third kappa shape index (κ3) is 4.41. The highest BCUT2D eigenvalue weighted by Crippen LogP contribution is 2.22. The summed E-state index contributed by atoms with van der Waals surface area (Å²) in [6.07, 6.45) is -4.67. The maximum Gasteiger partial charge on any atom is 0.525 e. The first-order valence-electron chi connectivity index (χ1n) is 4.77. The molecule has 1 rings (SSSR count). The molecule has 0 aromatic heterocycles. The molecule has 0 aromatic carbocycles. The fraction of sp³-hybridized carbons (Fsp3) is 0.750. The Labute approximate surface area is 95.4 Å². The van der Waals surface area contributed by atoms with Crippen LogP contribution in [0.25, 0.3) is 0 Å². The van der Waals surface area contributed by atoms with Gasteiger partial charge in [-0.15, -0.1) is 0 Å². The zero-order valence-corrected chi connectivity index (χ0v) is 8.74. The highest BCUT2D eigenvalue weighted by molar-refractivity contribution is 5.57. The van der Waals surface area contributed by atoms with Crippen LogP contribution in [0, 0.1) is 0 Å². The molecule has 1 aliphatic heterocycles. The summed E-state index contributed by atoms with van der Waals surface area (Å²) in [5.41, 5.74) is 0. The average molecular weight is 253 g/mol. The van der Waals surface area contributed by atoms with Gasteiger partial charge in [-0.3, -0.25) is 0 Å². The maximum absolute atomic E-state index is 11.9. The molecule has 2 unspecified atom stereocenters. The molecule has 2 N–H and O–H groups in total. The second-order valence-corrected chi connectivity index (χ2v) is 3.21.